The van der Waals surface area contributed by atoms with E-state index < -0.39 is 0 Å². The number of nitrogens with two attached hydrogens (primary N) is 1. The smallest absolute Gasteiger partial charge is 0.226 e. The third-order valence-corrected chi connectivity index (χ3v) is 3.93. The van der Waals surface area contributed by atoms with Gasteiger partial charge in [-0.2, -0.15) is 0 Å². The highest BCUT2D eigenvalue weighted by Gasteiger charge is 2.14. The zero-order chi connectivity index (χ0) is 15.6. The Bertz CT molecular complexity index is 662. The normalized spacial score (nSPS) is 10.9. The second-order valence-electron chi connectivity index (χ2n) is 5.70. The van der Waals surface area contributed by atoms with Crippen LogP contribution in [0.4, 0.5) is 10.1 Å². The number of aryl methyl sites for hydroxylation is 2. The standard InChI is InChI=1S/C16H21N3OS/c1-9(2)7-13(20)18-16-19-14(15(17)21-16)12-6-5-10(3)8-11(12)4/h5-6,8-9H,7,17H2,1-4H3,(H,18,19,20). The largest absolute Gasteiger partial charge is 0.389 e. The predicted molar refractivity (Wildman–Crippen MR) is 89.5 cm³/mol. The Labute approximate surface area is 129 Å². The predicted octanol–water partition coefficient (Wildman–Crippen LogP) is 3.99. The molecule has 0 saturated heterocycles. The topological polar surface area (TPSA) is 68.0 Å². The first-order valence-corrected chi connectivity index (χ1v) is 7.82. The monoisotopic (exact) mass is 303 g/mol. The van der Waals surface area contributed by atoms with Gasteiger partial charge < -0.3 is 11.1 Å². The van der Waals surface area contributed by atoms with Crippen LogP contribution in [-0.2, 0) is 4.79 Å². The Morgan fingerprint density at radius 1 is 1.38 bits per heavy atom. The Hall–Kier alpha value is -1.88. The molecular formula is C16H21N3OS. The van der Waals surface area contributed by atoms with Gasteiger partial charge in [0.1, 0.15) is 10.7 Å². The zero-order valence-electron chi connectivity index (χ0n) is 12.9. The molecule has 0 unspecified atom stereocenters. The summed E-state index contributed by atoms with van der Waals surface area (Å²) in [6.45, 7) is 8.12. The van der Waals surface area contributed by atoms with E-state index in [1.54, 1.807) is 0 Å². The SMILES string of the molecule is Cc1ccc(-c2nc(NC(=O)CC(C)C)sc2N)c(C)c1. The molecule has 4 nitrogen and oxygen atoms in total. The third kappa shape index (κ3) is 3.82. The number of thiazole rings is 1. The number of anilines is 2. The van der Waals surface area contributed by atoms with Crippen molar-refractivity contribution in [2.24, 2.45) is 5.92 Å². The first kappa shape index (κ1) is 15.5. The maximum atomic E-state index is 11.8. The van der Waals surface area contributed by atoms with Gasteiger partial charge in [-0.05, 0) is 25.3 Å². The summed E-state index contributed by atoms with van der Waals surface area (Å²) in [6.07, 6.45) is 0.485. The molecule has 0 aliphatic rings. The number of amides is 1. The highest BCUT2D eigenvalue weighted by atomic mass is 32.1. The molecule has 0 atom stereocenters. The maximum absolute atomic E-state index is 11.8. The van der Waals surface area contributed by atoms with Gasteiger partial charge in [0.2, 0.25) is 5.91 Å². The lowest BCUT2D eigenvalue weighted by atomic mass is 10.0. The van der Waals surface area contributed by atoms with Gasteiger partial charge in [-0.25, -0.2) is 4.98 Å². The van der Waals surface area contributed by atoms with Crippen molar-refractivity contribution in [1.29, 1.82) is 0 Å². The number of nitrogen functional groups attached to an aromatic ring is 1. The lowest BCUT2D eigenvalue weighted by Gasteiger charge is -2.05. The summed E-state index contributed by atoms with van der Waals surface area (Å²) in [4.78, 5) is 16.3. The second-order valence-corrected chi connectivity index (χ2v) is 6.73. The van der Waals surface area contributed by atoms with E-state index in [9.17, 15) is 4.79 Å². The summed E-state index contributed by atoms with van der Waals surface area (Å²) in [7, 11) is 0. The average molecular weight is 303 g/mol. The van der Waals surface area contributed by atoms with E-state index in [1.165, 1.54) is 16.9 Å². The molecule has 1 aromatic carbocycles. The van der Waals surface area contributed by atoms with Gasteiger partial charge in [0.25, 0.3) is 0 Å². The molecule has 5 heteroatoms. The quantitative estimate of drug-likeness (QED) is 0.897. The summed E-state index contributed by atoms with van der Waals surface area (Å²) < 4.78 is 0. The molecule has 0 saturated carbocycles. The molecule has 1 heterocycles. The van der Waals surface area contributed by atoms with Gasteiger partial charge in [-0.15, -0.1) is 0 Å². The number of aromatic nitrogens is 1. The van der Waals surface area contributed by atoms with Crippen molar-refractivity contribution in [2.45, 2.75) is 34.1 Å². The van der Waals surface area contributed by atoms with Gasteiger partial charge >= 0.3 is 0 Å². The van der Waals surface area contributed by atoms with E-state index in [-0.39, 0.29) is 5.91 Å². The number of rotatable bonds is 4. The summed E-state index contributed by atoms with van der Waals surface area (Å²) in [5.41, 5.74) is 10.2. The van der Waals surface area contributed by atoms with Gasteiger partial charge in [0.15, 0.2) is 5.13 Å². The molecule has 2 rings (SSSR count). The van der Waals surface area contributed by atoms with Crippen molar-refractivity contribution in [3.8, 4) is 11.3 Å². The Balaban J connectivity index is 2.25. The molecule has 1 aromatic heterocycles. The van der Waals surface area contributed by atoms with Gasteiger partial charge in [-0.1, -0.05) is 48.9 Å². The number of carbonyl (C=O) groups excluding carboxylic acids is 1. The van der Waals surface area contributed by atoms with Crippen LogP contribution in [0.3, 0.4) is 0 Å². The van der Waals surface area contributed by atoms with Crippen molar-refractivity contribution in [2.75, 3.05) is 11.1 Å². The van der Waals surface area contributed by atoms with Crippen molar-refractivity contribution >= 4 is 27.4 Å². The van der Waals surface area contributed by atoms with E-state index >= 15 is 0 Å². The van der Waals surface area contributed by atoms with Gasteiger partial charge in [-0.3, -0.25) is 4.79 Å². The molecular weight excluding hydrogens is 282 g/mol. The van der Waals surface area contributed by atoms with Crippen molar-refractivity contribution in [3.05, 3.63) is 29.3 Å². The van der Waals surface area contributed by atoms with E-state index in [1.807, 2.05) is 32.9 Å². The number of nitrogens with one attached hydrogen (secondary N) is 1. The highest BCUT2D eigenvalue weighted by Crippen LogP contribution is 2.35. The summed E-state index contributed by atoms with van der Waals surface area (Å²) in [5, 5.41) is 4.01. The number of benzene rings is 1. The van der Waals surface area contributed by atoms with Crippen molar-refractivity contribution in [1.82, 2.24) is 4.98 Å². The van der Waals surface area contributed by atoms with Crippen molar-refractivity contribution < 1.29 is 4.79 Å². The van der Waals surface area contributed by atoms with Crippen LogP contribution in [0.1, 0.15) is 31.4 Å². The molecule has 112 valence electrons. The van der Waals surface area contributed by atoms with Crippen LogP contribution < -0.4 is 11.1 Å². The van der Waals surface area contributed by atoms with Crippen molar-refractivity contribution in [3.63, 3.8) is 0 Å². The van der Waals surface area contributed by atoms with Crippen LogP contribution in [0.5, 0.6) is 0 Å². The number of carbonyl (C=O) groups is 1. The van der Waals surface area contributed by atoms with E-state index in [0.29, 0.717) is 22.5 Å². The molecule has 3 N–H and O–H groups in total. The number of hydrogen-bond donors (Lipinski definition) is 2. The highest BCUT2D eigenvalue weighted by molar-refractivity contribution is 7.20. The summed E-state index contributed by atoms with van der Waals surface area (Å²) >= 11 is 1.31. The van der Waals surface area contributed by atoms with Crippen LogP contribution in [0, 0.1) is 19.8 Å². The summed E-state index contributed by atoms with van der Waals surface area (Å²) in [6, 6.07) is 6.17. The minimum absolute atomic E-state index is 0.0223. The molecule has 0 aliphatic carbocycles. The van der Waals surface area contributed by atoms with Crippen LogP contribution in [0.15, 0.2) is 18.2 Å². The Kier molecular flexibility index (Phi) is 4.63. The lowest BCUT2D eigenvalue weighted by Crippen LogP contribution is -2.13. The molecule has 0 spiro atoms. The fourth-order valence-electron chi connectivity index (χ4n) is 2.20. The Morgan fingerprint density at radius 3 is 2.71 bits per heavy atom. The van der Waals surface area contributed by atoms with Crippen LogP contribution in [0.2, 0.25) is 0 Å². The molecule has 2 aromatic rings. The lowest BCUT2D eigenvalue weighted by molar-refractivity contribution is -0.116. The van der Waals surface area contributed by atoms with Gasteiger partial charge in [0, 0.05) is 12.0 Å². The van der Waals surface area contributed by atoms with Crippen LogP contribution >= 0.6 is 11.3 Å². The van der Waals surface area contributed by atoms with E-state index in [0.717, 1.165) is 16.8 Å². The maximum Gasteiger partial charge on any atom is 0.226 e. The molecule has 0 bridgehead atoms. The minimum atomic E-state index is -0.0223. The van der Waals surface area contributed by atoms with Crippen LogP contribution in [0.25, 0.3) is 11.3 Å². The molecule has 0 aliphatic heterocycles. The first-order chi connectivity index (χ1) is 9.86. The van der Waals surface area contributed by atoms with E-state index in [4.69, 9.17) is 5.73 Å². The number of hydrogen-bond acceptors (Lipinski definition) is 4. The average Bonchev–Trinajstić information content (AvgIpc) is 2.68. The number of nitrogens with zero attached hydrogens (tertiary/aromatic N) is 1. The minimum Gasteiger partial charge on any atom is -0.389 e. The Morgan fingerprint density at radius 2 is 2.10 bits per heavy atom. The molecule has 21 heavy (non-hydrogen) atoms. The molecule has 0 radical (unpaired) electrons. The van der Waals surface area contributed by atoms with Crippen LogP contribution in [-0.4, -0.2) is 10.9 Å². The second kappa shape index (κ2) is 6.26. The third-order valence-electron chi connectivity index (χ3n) is 3.13. The summed E-state index contributed by atoms with van der Waals surface area (Å²) in [5.74, 6) is 0.298. The molecule has 0 fully saturated rings. The van der Waals surface area contributed by atoms with E-state index in [2.05, 4.69) is 23.3 Å². The fourth-order valence-corrected chi connectivity index (χ4v) is 2.96. The zero-order valence-corrected chi connectivity index (χ0v) is 13.7. The fraction of sp³-hybridized carbons (Fsp3) is 0.375. The van der Waals surface area contributed by atoms with Gasteiger partial charge in [0.05, 0.1) is 0 Å². The molecule has 1 amide bonds. The first-order valence-electron chi connectivity index (χ1n) is 7.00.